The molecule has 4 aliphatic rings. The largest absolute Gasteiger partial charge is 0.480 e. The Morgan fingerprint density at radius 1 is 0.374 bits per heavy atom. The SMILES string of the molecule is CC1CCC(C(=O)N(CC(=O)O)c2cc(C#CC(C)(C)C)sc2C(=O)O)CC1.COC(=O)c1sc(C#CC(C)(C)C)cc1CC(=O)C1CCC(C)CC1.COC(=O)c1sc(C#CC(C)(C)C)cc1N(CC(=O)O)C(=O)C1CCC(C)CC1.COC(=O)c1sc(C#CC(C)(C)C)cc1N(CC(=O)OC(C)(C)C)C(=O)C1CCC(C)CC1. The molecular weight excluding hydrogens is 1540 g/mol. The fourth-order valence-corrected chi connectivity index (χ4v) is 16.8. The molecule has 4 heterocycles. The second-order valence-corrected chi connectivity index (χ2v) is 40.0. The van der Waals surface area contributed by atoms with Crippen molar-refractivity contribution in [1.82, 2.24) is 0 Å². The van der Waals surface area contributed by atoms with Crippen molar-refractivity contribution in [2.75, 3.05) is 55.7 Å². The molecule has 3 amide bonds. The first-order valence-electron chi connectivity index (χ1n) is 39.7. The molecule has 0 spiro atoms. The highest BCUT2D eigenvalue weighted by atomic mass is 32.1. The van der Waals surface area contributed by atoms with Crippen LogP contribution in [0, 0.1) is 116 Å². The van der Waals surface area contributed by atoms with E-state index in [1.165, 1.54) is 59.9 Å². The molecule has 4 aromatic rings. The number of anilines is 3. The minimum Gasteiger partial charge on any atom is -0.480 e. The van der Waals surface area contributed by atoms with Crippen molar-refractivity contribution >= 4 is 128 Å². The molecule has 0 radical (unpaired) electrons. The first kappa shape index (κ1) is 97.0. The average Bonchev–Trinajstić information content (AvgIpc) is 1.73. The summed E-state index contributed by atoms with van der Waals surface area (Å²) in [7, 11) is 3.93. The highest BCUT2D eigenvalue weighted by Crippen LogP contribution is 2.41. The molecule has 0 atom stereocenters. The van der Waals surface area contributed by atoms with Crippen LogP contribution < -0.4 is 14.7 Å². The number of carboxylic acid groups (broad SMARTS) is 3. The molecule has 115 heavy (non-hydrogen) atoms. The number of amides is 3. The lowest BCUT2D eigenvalue weighted by Gasteiger charge is -2.31. The van der Waals surface area contributed by atoms with Crippen LogP contribution in [0.25, 0.3) is 0 Å². The van der Waals surface area contributed by atoms with Crippen LogP contribution in [0.2, 0.25) is 0 Å². The van der Waals surface area contributed by atoms with Gasteiger partial charge in [-0.05, 0) is 247 Å². The molecule has 4 saturated carbocycles. The zero-order chi connectivity index (χ0) is 86.4. The van der Waals surface area contributed by atoms with Gasteiger partial charge >= 0.3 is 41.8 Å². The smallest absolute Gasteiger partial charge is 0.350 e. The highest BCUT2D eigenvalue weighted by Gasteiger charge is 2.38. The van der Waals surface area contributed by atoms with E-state index in [1.54, 1.807) is 32.9 Å². The first-order valence-corrected chi connectivity index (χ1v) is 42.9. The predicted octanol–water partition coefficient (Wildman–Crippen LogP) is 18.6. The monoisotopic (exact) mass is 1660 g/mol. The number of aromatic carboxylic acids is 1. The maximum absolute atomic E-state index is 13.6. The van der Waals surface area contributed by atoms with Crippen molar-refractivity contribution in [3.8, 4) is 47.4 Å². The van der Waals surface area contributed by atoms with Gasteiger partial charge in [0.25, 0.3) is 0 Å². The topological polar surface area (TPSA) is 295 Å². The number of ketones is 1. The van der Waals surface area contributed by atoms with Gasteiger partial charge < -0.3 is 34.3 Å². The number of hydrogen-bond acceptors (Lipinski definition) is 19. The number of Topliss-reactive ketones (excluding diaryl/α,β-unsaturated/α-hetero) is 1. The standard InChI is InChI=1S/C26H37NO5S.C22H29NO5S.C21H27NO5S.C21H28O3S/c1-17-9-11-18(12-10-17)23(29)27(16-21(28)32-26(5,6)7)20-15-19(13-14-25(2,3)4)33-22(20)24(30)31-8;1-14-6-8-15(9-7-14)20(26)23(13-18(24)25)17-12-16(10-11-22(2,3)4)29-19(17)21(27)28-5;1-13-5-7-14(8-6-13)19(25)22(12-17(23)24)16-11-15(9-10-21(2,3)4)28-18(16)20(26)27;1-14-6-8-15(9-7-14)18(22)13-16-12-17(10-11-21(2,3)4)25-19(16)20(23)24-5/h15,17-18H,9-12,16H2,1-8H3;12,14-15H,6-9,13H2,1-5H3,(H,24,25);11,13-14H,5-8,12H2,1-4H3,(H,23,24)(H,26,27);12,14-15H,6-9,13H2,1-5H3. The number of thiophene rings is 4. The lowest BCUT2D eigenvalue weighted by Crippen LogP contribution is -2.43. The summed E-state index contributed by atoms with van der Waals surface area (Å²) in [5, 5.41) is 28.3. The molecule has 0 unspecified atom stereocenters. The lowest BCUT2D eigenvalue weighted by molar-refractivity contribution is -0.154. The number of esters is 4. The Morgan fingerprint density at radius 3 is 0.913 bits per heavy atom. The summed E-state index contributed by atoms with van der Waals surface area (Å²) in [6, 6.07) is 6.75. The Labute approximate surface area is 697 Å². The molecule has 0 aliphatic heterocycles. The molecule has 0 saturated heterocycles. The average molecular weight is 1660 g/mol. The van der Waals surface area contributed by atoms with Gasteiger partial charge in [-0.1, -0.05) is 87.9 Å². The van der Waals surface area contributed by atoms with E-state index in [-0.39, 0.29) is 107 Å². The minimum absolute atomic E-state index is 0.0583. The van der Waals surface area contributed by atoms with Crippen LogP contribution in [0.5, 0.6) is 0 Å². The van der Waals surface area contributed by atoms with Gasteiger partial charge in [-0.2, -0.15) is 0 Å². The van der Waals surface area contributed by atoms with Crippen molar-refractivity contribution in [1.29, 1.82) is 0 Å². The summed E-state index contributed by atoms with van der Waals surface area (Å²) in [5.41, 5.74) is 0.0132. The van der Waals surface area contributed by atoms with Gasteiger partial charge in [-0.3, -0.25) is 48.3 Å². The number of carboxylic acids is 3. The summed E-state index contributed by atoms with van der Waals surface area (Å²) >= 11 is 4.58. The highest BCUT2D eigenvalue weighted by molar-refractivity contribution is 7.16. The number of aliphatic carboxylic acids is 2. The second kappa shape index (κ2) is 43.0. The maximum Gasteiger partial charge on any atom is 0.350 e. The van der Waals surface area contributed by atoms with Crippen LogP contribution >= 0.6 is 45.3 Å². The molecule has 4 aliphatic carbocycles. The molecule has 0 bridgehead atoms. The number of carbonyl (C=O) groups excluding carboxylic acids is 8. The number of hydrogen-bond donors (Lipinski definition) is 3. The lowest BCUT2D eigenvalue weighted by atomic mass is 9.79. The molecule has 0 aromatic carbocycles. The van der Waals surface area contributed by atoms with Crippen molar-refractivity contribution in [3.63, 3.8) is 0 Å². The summed E-state index contributed by atoms with van der Waals surface area (Å²) in [6.07, 6.45) is 14.5. The van der Waals surface area contributed by atoms with Gasteiger partial charge in [-0.15, -0.1) is 45.3 Å². The van der Waals surface area contributed by atoms with Gasteiger partial charge in [0.1, 0.15) is 50.5 Å². The van der Waals surface area contributed by atoms with Crippen LogP contribution in [0.4, 0.5) is 17.1 Å². The molecular formula is C90H121N3O18S4. The molecule has 25 heteroatoms. The fourth-order valence-electron chi connectivity index (χ4n) is 13.2. The Hall–Kier alpha value is -8.59. The van der Waals surface area contributed by atoms with E-state index >= 15 is 0 Å². The van der Waals surface area contributed by atoms with Crippen LogP contribution in [0.15, 0.2) is 24.3 Å². The molecule has 628 valence electrons. The Balaban J connectivity index is 0.000000275. The van der Waals surface area contributed by atoms with Crippen molar-refractivity contribution < 1.29 is 87.0 Å². The fraction of sp³-hybridized carbons (Fsp3) is 0.611. The Kier molecular flexibility index (Phi) is 36.3. The Bertz CT molecular complexity index is 4380. The van der Waals surface area contributed by atoms with Crippen LogP contribution in [0.3, 0.4) is 0 Å². The number of rotatable bonds is 19. The van der Waals surface area contributed by atoms with Gasteiger partial charge in [0.2, 0.25) is 17.7 Å². The third kappa shape index (κ3) is 32.4. The van der Waals surface area contributed by atoms with E-state index < -0.39 is 54.5 Å². The third-order valence-electron chi connectivity index (χ3n) is 19.4. The van der Waals surface area contributed by atoms with Gasteiger partial charge in [0, 0.05) is 51.8 Å². The second-order valence-electron chi connectivity index (χ2n) is 35.8. The molecule has 4 fully saturated rings. The van der Waals surface area contributed by atoms with Crippen LogP contribution in [-0.4, -0.2) is 127 Å². The summed E-state index contributed by atoms with van der Waals surface area (Å²) in [4.78, 5) is 144. The summed E-state index contributed by atoms with van der Waals surface area (Å²) < 4.78 is 20.2. The quantitative estimate of drug-likeness (QED) is 0.0446. The van der Waals surface area contributed by atoms with E-state index in [0.29, 0.717) is 62.2 Å². The molecule has 21 nitrogen and oxygen atoms in total. The zero-order valence-corrected chi connectivity index (χ0v) is 74.8. The summed E-state index contributed by atoms with van der Waals surface area (Å²) in [5.74, 6) is 20.5. The van der Waals surface area contributed by atoms with Gasteiger partial charge in [0.05, 0.1) is 57.9 Å². The molecule has 4 aromatic heterocycles. The van der Waals surface area contributed by atoms with E-state index in [1.807, 2.05) is 89.2 Å². The Morgan fingerprint density at radius 2 is 0.635 bits per heavy atom. The van der Waals surface area contributed by atoms with Gasteiger partial charge in [-0.25, -0.2) is 19.2 Å². The number of carbonyl (C=O) groups is 11. The molecule has 3 N–H and O–H groups in total. The van der Waals surface area contributed by atoms with E-state index in [4.69, 9.17) is 18.9 Å². The van der Waals surface area contributed by atoms with E-state index in [2.05, 4.69) is 75.1 Å². The number of nitrogens with zero attached hydrogens (tertiary/aromatic N) is 3. The first-order chi connectivity index (χ1) is 53.4. The van der Waals surface area contributed by atoms with Crippen LogP contribution in [0.1, 0.15) is 298 Å². The zero-order valence-electron chi connectivity index (χ0n) is 71.5. The predicted molar refractivity (Wildman–Crippen MR) is 455 cm³/mol. The van der Waals surface area contributed by atoms with Crippen molar-refractivity contribution in [2.24, 2.45) is 69.0 Å². The van der Waals surface area contributed by atoms with Gasteiger partial charge in [0.15, 0.2) is 0 Å². The number of methoxy groups -OCH3 is 3. The third-order valence-corrected chi connectivity index (χ3v) is 23.5. The molecule has 8 rings (SSSR count). The van der Waals surface area contributed by atoms with Crippen molar-refractivity contribution in [2.45, 2.75) is 246 Å². The minimum atomic E-state index is -1.19. The normalized spacial score (nSPS) is 19.4. The van der Waals surface area contributed by atoms with E-state index in [0.717, 1.165) is 134 Å². The maximum atomic E-state index is 13.6. The number of ether oxygens (including phenoxy) is 4. The summed E-state index contributed by atoms with van der Waals surface area (Å²) in [6.45, 7) is 36.6. The van der Waals surface area contributed by atoms with Crippen molar-refractivity contribution in [3.05, 3.63) is 68.8 Å². The van der Waals surface area contributed by atoms with E-state index in [9.17, 15) is 68.1 Å². The van der Waals surface area contributed by atoms with Crippen LogP contribution in [-0.2, 0) is 58.9 Å².